The fourth-order valence-electron chi connectivity index (χ4n) is 1.92. The number of methoxy groups -OCH3 is 1. The van der Waals surface area contributed by atoms with Crippen LogP contribution < -0.4 is 15.4 Å². The predicted molar refractivity (Wildman–Crippen MR) is 78.4 cm³/mol. The lowest BCUT2D eigenvalue weighted by molar-refractivity contribution is 0.413. The normalized spacial score (nSPS) is 10.2. The van der Waals surface area contributed by atoms with E-state index in [1.807, 2.05) is 36.4 Å². The van der Waals surface area contributed by atoms with Crippen LogP contribution in [-0.4, -0.2) is 18.6 Å². The van der Waals surface area contributed by atoms with Crippen molar-refractivity contribution in [2.24, 2.45) is 0 Å². The first kappa shape index (κ1) is 13.2. The average molecular weight is 257 g/mol. The maximum atomic E-state index is 5.98. The van der Waals surface area contributed by atoms with Crippen LogP contribution in [0.15, 0.2) is 42.6 Å². The van der Waals surface area contributed by atoms with Gasteiger partial charge >= 0.3 is 0 Å². The Balaban J connectivity index is 2.17. The van der Waals surface area contributed by atoms with Gasteiger partial charge in [0.25, 0.3) is 0 Å². The average Bonchev–Trinajstić information content (AvgIpc) is 2.47. The zero-order valence-electron chi connectivity index (χ0n) is 11.3. The van der Waals surface area contributed by atoms with Crippen molar-refractivity contribution in [1.29, 1.82) is 0 Å². The molecular formula is C15H19N3O. The third kappa shape index (κ3) is 3.16. The van der Waals surface area contributed by atoms with Crippen LogP contribution in [-0.2, 0) is 6.54 Å². The molecule has 0 fully saturated rings. The lowest BCUT2D eigenvalue weighted by Gasteiger charge is -2.22. The zero-order valence-corrected chi connectivity index (χ0v) is 11.3. The first-order chi connectivity index (χ1) is 9.24. The lowest BCUT2D eigenvalue weighted by atomic mass is 10.1. The molecule has 19 heavy (non-hydrogen) atoms. The predicted octanol–water partition coefficient (Wildman–Crippen LogP) is 2.70. The summed E-state index contributed by atoms with van der Waals surface area (Å²) in [7, 11) is 1.64. The van der Waals surface area contributed by atoms with Crippen LogP contribution in [0.3, 0.4) is 0 Å². The van der Waals surface area contributed by atoms with Gasteiger partial charge in [0.05, 0.1) is 13.3 Å². The number of hydrogen-bond donors (Lipinski definition) is 1. The second kappa shape index (κ2) is 6.09. The molecule has 0 unspecified atom stereocenters. The van der Waals surface area contributed by atoms with E-state index in [1.54, 1.807) is 13.3 Å². The highest BCUT2D eigenvalue weighted by Crippen LogP contribution is 2.20. The highest BCUT2D eigenvalue weighted by Gasteiger charge is 2.08. The van der Waals surface area contributed by atoms with Crippen molar-refractivity contribution in [3.63, 3.8) is 0 Å². The van der Waals surface area contributed by atoms with Gasteiger partial charge in [0, 0.05) is 18.8 Å². The van der Waals surface area contributed by atoms with Gasteiger partial charge in [-0.2, -0.15) is 0 Å². The van der Waals surface area contributed by atoms with Crippen molar-refractivity contribution < 1.29 is 4.74 Å². The quantitative estimate of drug-likeness (QED) is 0.837. The van der Waals surface area contributed by atoms with Gasteiger partial charge < -0.3 is 15.4 Å². The van der Waals surface area contributed by atoms with Crippen molar-refractivity contribution in [2.75, 3.05) is 24.3 Å². The Hall–Kier alpha value is -2.23. The standard InChI is InChI=1S/C15H19N3O/c1-3-18(11-12-6-4-5-7-14(12)16)15-9-8-13(19-2)10-17-15/h4-10H,3,11,16H2,1-2H3. The Morgan fingerprint density at radius 2 is 2.00 bits per heavy atom. The molecule has 0 aliphatic heterocycles. The molecule has 1 aromatic heterocycles. The second-order valence-corrected chi connectivity index (χ2v) is 4.27. The third-order valence-electron chi connectivity index (χ3n) is 3.08. The molecule has 0 atom stereocenters. The molecule has 0 aliphatic rings. The van der Waals surface area contributed by atoms with E-state index in [4.69, 9.17) is 10.5 Å². The molecule has 4 heteroatoms. The third-order valence-corrected chi connectivity index (χ3v) is 3.08. The molecule has 0 spiro atoms. The molecule has 0 radical (unpaired) electrons. The van der Waals surface area contributed by atoms with Gasteiger partial charge in [-0.15, -0.1) is 0 Å². The molecule has 1 heterocycles. The largest absolute Gasteiger partial charge is 0.495 e. The highest BCUT2D eigenvalue weighted by molar-refractivity contribution is 5.50. The first-order valence-corrected chi connectivity index (χ1v) is 6.33. The number of anilines is 2. The van der Waals surface area contributed by atoms with Crippen LogP contribution in [0.25, 0.3) is 0 Å². The van der Waals surface area contributed by atoms with E-state index in [1.165, 1.54) is 0 Å². The van der Waals surface area contributed by atoms with Gasteiger partial charge in [0.1, 0.15) is 11.6 Å². The number of nitrogens with zero attached hydrogens (tertiary/aromatic N) is 2. The van der Waals surface area contributed by atoms with Crippen molar-refractivity contribution in [2.45, 2.75) is 13.5 Å². The molecule has 0 bridgehead atoms. The topological polar surface area (TPSA) is 51.4 Å². The lowest BCUT2D eigenvalue weighted by Crippen LogP contribution is -2.23. The van der Waals surface area contributed by atoms with Crippen LogP contribution in [0.2, 0.25) is 0 Å². The molecule has 2 N–H and O–H groups in total. The molecule has 1 aromatic carbocycles. The van der Waals surface area contributed by atoms with Crippen LogP contribution >= 0.6 is 0 Å². The number of pyridine rings is 1. The summed E-state index contributed by atoms with van der Waals surface area (Å²) in [5, 5.41) is 0. The Morgan fingerprint density at radius 3 is 2.58 bits per heavy atom. The van der Waals surface area contributed by atoms with Crippen molar-refractivity contribution >= 4 is 11.5 Å². The van der Waals surface area contributed by atoms with E-state index >= 15 is 0 Å². The number of rotatable bonds is 5. The van der Waals surface area contributed by atoms with Crippen LogP contribution in [0.5, 0.6) is 5.75 Å². The van der Waals surface area contributed by atoms with E-state index in [2.05, 4.69) is 16.8 Å². The maximum absolute atomic E-state index is 5.98. The first-order valence-electron chi connectivity index (χ1n) is 6.33. The molecule has 0 saturated heterocycles. The SMILES string of the molecule is CCN(Cc1ccccc1N)c1ccc(OC)cn1. The summed E-state index contributed by atoms with van der Waals surface area (Å²) in [5.74, 6) is 1.69. The summed E-state index contributed by atoms with van der Waals surface area (Å²) in [6.07, 6.45) is 1.73. The van der Waals surface area contributed by atoms with Gasteiger partial charge in [0.2, 0.25) is 0 Å². The van der Waals surface area contributed by atoms with E-state index in [0.29, 0.717) is 0 Å². The Labute approximate surface area is 113 Å². The minimum absolute atomic E-state index is 0.752. The number of nitrogens with two attached hydrogens (primary N) is 1. The fraction of sp³-hybridized carbons (Fsp3) is 0.267. The van der Waals surface area contributed by atoms with Gasteiger partial charge in [-0.1, -0.05) is 18.2 Å². The summed E-state index contributed by atoms with van der Waals surface area (Å²) in [6, 6.07) is 11.8. The van der Waals surface area contributed by atoms with E-state index < -0.39 is 0 Å². The molecule has 0 saturated carbocycles. The molecule has 2 rings (SSSR count). The van der Waals surface area contributed by atoms with Gasteiger partial charge in [-0.3, -0.25) is 0 Å². The summed E-state index contributed by atoms with van der Waals surface area (Å²) in [4.78, 5) is 6.58. The van der Waals surface area contributed by atoms with E-state index in [9.17, 15) is 0 Å². The monoisotopic (exact) mass is 257 g/mol. The van der Waals surface area contributed by atoms with Crippen LogP contribution in [0, 0.1) is 0 Å². The van der Waals surface area contributed by atoms with Crippen LogP contribution in [0.4, 0.5) is 11.5 Å². The van der Waals surface area contributed by atoms with E-state index in [0.717, 1.165) is 35.9 Å². The Morgan fingerprint density at radius 1 is 1.21 bits per heavy atom. The van der Waals surface area contributed by atoms with Gasteiger partial charge in [0.15, 0.2) is 0 Å². The summed E-state index contributed by atoms with van der Waals surface area (Å²) < 4.78 is 5.12. The zero-order chi connectivity index (χ0) is 13.7. The molecule has 100 valence electrons. The summed E-state index contributed by atoms with van der Waals surface area (Å²) in [6.45, 7) is 3.72. The maximum Gasteiger partial charge on any atom is 0.137 e. The molecule has 0 aliphatic carbocycles. The smallest absolute Gasteiger partial charge is 0.137 e. The van der Waals surface area contributed by atoms with Gasteiger partial charge in [-0.25, -0.2) is 4.98 Å². The van der Waals surface area contributed by atoms with Crippen LogP contribution in [0.1, 0.15) is 12.5 Å². The highest BCUT2D eigenvalue weighted by atomic mass is 16.5. The second-order valence-electron chi connectivity index (χ2n) is 4.27. The molecule has 0 amide bonds. The van der Waals surface area contributed by atoms with E-state index in [-0.39, 0.29) is 0 Å². The fourth-order valence-corrected chi connectivity index (χ4v) is 1.92. The number of nitrogen functional groups attached to an aromatic ring is 1. The number of para-hydroxylation sites is 1. The summed E-state index contributed by atoms with van der Waals surface area (Å²) in [5.41, 5.74) is 7.91. The Kier molecular flexibility index (Phi) is 4.23. The molecule has 2 aromatic rings. The number of benzene rings is 1. The molecular weight excluding hydrogens is 238 g/mol. The number of hydrogen-bond acceptors (Lipinski definition) is 4. The number of ether oxygens (including phenoxy) is 1. The summed E-state index contributed by atoms with van der Waals surface area (Å²) >= 11 is 0. The van der Waals surface area contributed by atoms with Gasteiger partial charge in [-0.05, 0) is 30.7 Å². The molecule has 4 nitrogen and oxygen atoms in total. The Bertz CT molecular complexity index is 525. The minimum atomic E-state index is 0.752. The van der Waals surface area contributed by atoms with Crippen molar-refractivity contribution in [3.8, 4) is 5.75 Å². The van der Waals surface area contributed by atoms with Crippen molar-refractivity contribution in [1.82, 2.24) is 4.98 Å². The minimum Gasteiger partial charge on any atom is -0.495 e. The van der Waals surface area contributed by atoms with Crippen molar-refractivity contribution in [3.05, 3.63) is 48.2 Å². The number of aromatic nitrogens is 1.